The van der Waals surface area contributed by atoms with Gasteiger partial charge in [-0.2, -0.15) is 0 Å². The van der Waals surface area contributed by atoms with Crippen LogP contribution in [0.2, 0.25) is 5.02 Å². The van der Waals surface area contributed by atoms with E-state index in [4.69, 9.17) is 20.8 Å². The lowest BCUT2D eigenvalue weighted by Gasteiger charge is -2.26. The summed E-state index contributed by atoms with van der Waals surface area (Å²) < 4.78 is 10.7. The highest BCUT2D eigenvalue weighted by atomic mass is 35.5. The van der Waals surface area contributed by atoms with Crippen molar-refractivity contribution in [3.05, 3.63) is 57.9 Å². The van der Waals surface area contributed by atoms with Crippen LogP contribution < -0.4 is 10.6 Å². The van der Waals surface area contributed by atoms with E-state index >= 15 is 0 Å². The first-order valence-electron chi connectivity index (χ1n) is 7.63. The third-order valence-electron chi connectivity index (χ3n) is 4.04. The number of aryl methyl sites for hydroxylation is 1. The Labute approximate surface area is 149 Å². The highest BCUT2D eigenvalue weighted by Gasteiger charge is 2.33. The van der Waals surface area contributed by atoms with Gasteiger partial charge in [-0.15, -0.1) is 0 Å². The van der Waals surface area contributed by atoms with Gasteiger partial charge in [-0.3, -0.25) is 0 Å². The van der Waals surface area contributed by atoms with Gasteiger partial charge in [0.15, 0.2) is 0 Å². The number of amides is 2. The number of carbonyl (C=O) groups is 2. The molecule has 0 aliphatic carbocycles. The maximum Gasteiger partial charge on any atom is 0.338 e. The van der Waals surface area contributed by atoms with Crippen LogP contribution in [0.3, 0.4) is 0 Å². The zero-order valence-corrected chi connectivity index (χ0v) is 14.7. The van der Waals surface area contributed by atoms with Gasteiger partial charge in [-0.1, -0.05) is 23.7 Å². The molecule has 0 bridgehead atoms. The van der Waals surface area contributed by atoms with E-state index in [9.17, 15) is 9.59 Å². The number of methoxy groups -OCH3 is 1. The average Bonchev–Trinajstić information content (AvgIpc) is 3.06. The molecule has 0 fully saturated rings. The monoisotopic (exact) mass is 360 g/mol. The van der Waals surface area contributed by atoms with Gasteiger partial charge in [-0.25, -0.2) is 9.59 Å². The Morgan fingerprint density at radius 2 is 2.00 bits per heavy atom. The first-order chi connectivity index (χ1) is 11.9. The number of ether oxygens (including phenoxy) is 1. The van der Waals surface area contributed by atoms with E-state index in [0.717, 1.165) is 11.1 Å². The summed E-state index contributed by atoms with van der Waals surface area (Å²) in [5.74, 6) is 0.485. The highest BCUT2D eigenvalue weighted by molar-refractivity contribution is 6.31. The van der Waals surface area contributed by atoms with Crippen molar-refractivity contribution in [2.24, 2.45) is 0 Å². The molecule has 1 aliphatic rings. The Bertz CT molecular complexity index is 885. The summed E-state index contributed by atoms with van der Waals surface area (Å²) in [5.41, 5.74) is 2.50. The molecule has 1 atom stereocenters. The van der Waals surface area contributed by atoms with Crippen molar-refractivity contribution >= 4 is 23.6 Å². The van der Waals surface area contributed by atoms with Crippen LogP contribution in [0.5, 0.6) is 0 Å². The second kappa shape index (κ2) is 6.64. The molecule has 2 N–H and O–H groups in total. The van der Waals surface area contributed by atoms with Gasteiger partial charge < -0.3 is 19.8 Å². The summed E-state index contributed by atoms with van der Waals surface area (Å²) >= 11 is 6.17. The van der Waals surface area contributed by atoms with E-state index in [1.807, 2.05) is 25.1 Å². The van der Waals surface area contributed by atoms with E-state index < -0.39 is 18.0 Å². The van der Waals surface area contributed by atoms with E-state index in [-0.39, 0.29) is 0 Å². The molecule has 0 saturated heterocycles. The lowest BCUT2D eigenvalue weighted by molar-refractivity contribution is -0.136. The zero-order chi connectivity index (χ0) is 18.1. The fraction of sp³-hybridized carbons (Fsp3) is 0.222. The van der Waals surface area contributed by atoms with E-state index in [2.05, 4.69) is 10.6 Å². The average molecular weight is 361 g/mol. The molecular weight excluding hydrogens is 344 g/mol. The predicted molar refractivity (Wildman–Crippen MR) is 93.0 cm³/mol. The Kier molecular flexibility index (Phi) is 4.55. The van der Waals surface area contributed by atoms with Crippen LogP contribution in [0.4, 0.5) is 4.79 Å². The molecule has 1 aromatic heterocycles. The van der Waals surface area contributed by atoms with Crippen LogP contribution in [0.25, 0.3) is 11.3 Å². The summed E-state index contributed by atoms with van der Waals surface area (Å²) in [5, 5.41) is 5.89. The number of rotatable bonds is 3. The fourth-order valence-electron chi connectivity index (χ4n) is 2.70. The third kappa shape index (κ3) is 3.25. The van der Waals surface area contributed by atoms with Crippen molar-refractivity contribution in [3.63, 3.8) is 0 Å². The molecule has 25 heavy (non-hydrogen) atoms. The first kappa shape index (κ1) is 17.1. The SMILES string of the molecule is COC(=O)C1=C(C)NC(=O)N[C@@H]1c1ccc(-c2ccc(C)c(Cl)c2)o1. The van der Waals surface area contributed by atoms with Gasteiger partial charge in [0, 0.05) is 16.3 Å². The van der Waals surface area contributed by atoms with Crippen LogP contribution in [-0.4, -0.2) is 19.1 Å². The largest absolute Gasteiger partial charge is 0.466 e. The number of urea groups is 1. The van der Waals surface area contributed by atoms with Crippen molar-refractivity contribution in [1.29, 1.82) is 0 Å². The molecule has 1 aromatic carbocycles. The van der Waals surface area contributed by atoms with Crippen LogP contribution >= 0.6 is 11.6 Å². The standard InChI is InChI=1S/C18H17ClN2O4/c1-9-4-5-11(8-12(9)19)13-6-7-14(25-13)16-15(17(22)24-3)10(2)20-18(23)21-16/h4-8,16H,1-3H3,(H2,20,21,23)/t16-/m1/s1. The first-order valence-corrected chi connectivity index (χ1v) is 8.01. The maximum atomic E-state index is 12.1. The number of hydrogen-bond acceptors (Lipinski definition) is 4. The molecule has 2 amide bonds. The van der Waals surface area contributed by atoms with E-state index in [0.29, 0.717) is 27.8 Å². The van der Waals surface area contributed by atoms with Crippen LogP contribution in [0.1, 0.15) is 24.3 Å². The van der Waals surface area contributed by atoms with Gasteiger partial charge in [0.2, 0.25) is 0 Å². The molecule has 1 aliphatic heterocycles. The van der Waals surface area contributed by atoms with Crippen molar-refractivity contribution in [2.75, 3.05) is 7.11 Å². The predicted octanol–water partition coefficient (Wildman–Crippen LogP) is 3.71. The lowest BCUT2D eigenvalue weighted by Crippen LogP contribution is -2.45. The van der Waals surface area contributed by atoms with Gasteiger partial charge in [-0.05, 0) is 37.6 Å². The molecule has 0 radical (unpaired) electrons. The summed E-state index contributed by atoms with van der Waals surface area (Å²) in [6.07, 6.45) is 0. The number of halogens is 1. The zero-order valence-electron chi connectivity index (χ0n) is 14.0. The number of benzene rings is 1. The minimum absolute atomic E-state index is 0.296. The molecule has 3 rings (SSSR count). The minimum Gasteiger partial charge on any atom is -0.466 e. The van der Waals surface area contributed by atoms with Gasteiger partial charge in [0.05, 0.1) is 12.7 Å². The maximum absolute atomic E-state index is 12.1. The number of esters is 1. The lowest BCUT2D eigenvalue weighted by atomic mass is 10.0. The van der Waals surface area contributed by atoms with Gasteiger partial charge >= 0.3 is 12.0 Å². The number of nitrogens with one attached hydrogen (secondary N) is 2. The molecule has 130 valence electrons. The Balaban J connectivity index is 2.00. The van der Waals surface area contributed by atoms with Crippen molar-refractivity contribution in [2.45, 2.75) is 19.9 Å². The second-order valence-corrected chi connectivity index (χ2v) is 6.13. The number of furan rings is 1. The molecule has 0 saturated carbocycles. The Morgan fingerprint density at radius 3 is 2.68 bits per heavy atom. The molecule has 6 nitrogen and oxygen atoms in total. The molecule has 7 heteroatoms. The molecule has 2 aromatic rings. The third-order valence-corrected chi connectivity index (χ3v) is 4.45. The summed E-state index contributed by atoms with van der Waals surface area (Å²) in [6.45, 7) is 3.56. The van der Waals surface area contributed by atoms with Crippen molar-refractivity contribution in [3.8, 4) is 11.3 Å². The number of carbonyl (C=O) groups excluding carboxylic acids is 2. The van der Waals surface area contributed by atoms with Crippen LogP contribution in [0.15, 0.2) is 46.0 Å². The minimum atomic E-state index is -0.726. The fourth-order valence-corrected chi connectivity index (χ4v) is 2.88. The van der Waals surface area contributed by atoms with Gasteiger partial charge in [0.1, 0.15) is 17.6 Å². The van der Waals surface area contributed by atoms with Crippen molar-refractivity contribution in [1.82, 2.24) is 10.6 Å². The molecule has 0 unspecified atom stereocenters. The normalized spacial score (nSPS) is 17.1. The van der Waals surface area contributed by atoms with Gasteiger partial charge in [0.25, 0.3) is 0 Å². The summed E-state index contributed by atoms with van der Waals surface area (Å²) in [4.78, 5) is 23.9. The van der Waals surface area contributed by atoms with Crippen molar-refractivity contribution < 1.29 is 18.7 Å². The van der Waals surface area contributed by atoms with E-state index in [1.165, 1.54) is 7.11 Å². The second-order valence-electron chi connectivity index (χ2n) is 5.73. The van der Waals surface area contributed by atoms with Crippen LogP contribution in [-0.2, 0) is 9.53 Å². The smallest absolute Gasteiger partial charge is 0.338 e. The highest BCUT2D eigenvalue weighted by Crippen LogP contribution is 2.33. The number of allylic oxidation sites excluding steroid dienone is 1. The summed E-state index contributed by atoms with van der Waals surface area (Å²) in [7, 11) is 1.29. The molecule has 0 spiro atoms. The number of hydrogen-bond donors (Lipinski definition) is 2. The summed E-state index contributed by atoms with van der Waals surface area (Å²) in [6, 6.07) is 7.96. The van der Waals surface area contributed by atoms with Crippen LogP contribution in [0, 0.1) is 6.92 Å². The quantitative estimate of drug-likeness (QED) is 0.818. The molecular formula is C18H17ClN2O4. The Morgan fingerprint density at radius 1 is 1.24 bits per heavy atom. The molecule has 2 heterocycles. The Hall–Kier alpha value is -2.73. The topological polar surface area (TPSA) is 80.6 Å². The van der Waals surface area contributed by atoms with E-state index in [1.54, 1.807) is 19.1 Å².